The molecule has 0 bridgehead atoms. The number of thiazole rings is 1. The van der Waals surface area contributed by atoms with Crippen molar-refractivity contribution in [3.8, 4) is 0 Å². The molecule has 7 heteroatoms. The molecule has 1 aliphatic heterocycles. The molecule has 0 N–H and O–H groups in total. The first-order valence-corrected chi connectivity index (χ1v) is 7.67. The lowest BCUT2D eigenvalue weighted by Gasteiger charge is -1.97. The number of aliphatic imine (C=N–C) groups is 1. The molecule has 0 amide bonds. The molecule has 1 aliphatic rings. The van der Waals surface area contributed by atoms with E-state index in [9.17, 15) is 4.79 Å². The minimum Gasteiger partial charge on any atom is -0.402 e. The van der Waals surface area contributed by atoms with Gasteiger partial charge in [0.05, 0.1) is 5.69 Å². The molecular formula is C15H8ClN3O2S. The summed E-state index contributed by atoms with van der Waals surface area (Å²) in [6, 6.07) is 9.26. The van der Waals surface area contributed by atoms with Crippen molar-refractivity contribution in [2.45, 2.75) is 0 Å². The van der Waals surface area contributed by atoms with Crippen LogP contribution in [0.3, 0.4) is 0 Å². The van der Waals surface area contributed by atoms with Gasteiger partial charge in [-0.25, -0.2) is 14.8 Å². The number of rotatable bonds is 2. The smallest absolute Gasteiger partial charge is 0.363 e. The molecule has 0 unspecified atom stereocenters. The second-order valence-corrected chi connectivity index (χ2v) is 5.78. The van der Waals surface area contributed by atoms with Crippen LogP contribution in [0.25, 0.3) is 11.0 Å². The van der Waals surface area contributed by atoms with Crippen molar-refractivity contribution >= 4 is 45.8 Å². The quantitative estimate of drug-likeness (QED) is 0.535. The fraction of sp³-hybridized carbons (Fsp3) is 0. The van der Waals surface area contributed by atoms with Gasteiger partial charge in [-0.1, -0.05) is 29.8 Å². The number of nitrogens with zero attached hydrogens (tertiary/aromatic N) is 3. The number of carbonyl (C=O) groups excluding carboxylic acids is 1. The molecule has 5 nitrogen and oxygen atoms in total. The van der Waals surface area contributed by atoms with E-state index in [4.69, 9.17) is 16.3 Å². The number of hydrogen-bond acceptors (Lipinski definition) is 5. The van der Waals surface area contributed by atoms with Gasteiger partial charge < -0.3 is 4.74 Å². The molecule has 0 aliphatic carbocycles. The highest BCUT2D eigenvalue weighted by atomic mass is 35.5. The largest absolute Gasteiger partial charge is 0.402 e. The average Bonchev–Trinajstić information content (AvgIpc) is 3.19. The summed E-state index contributed by atoms with van der Waals surface area (Å²) in [7, 11) is 0. The van der Waals surface area contributed by atoms with E-state index < -0.39 is 5.97 Å². The van der Waals surface area contributed by atoms with Gasteiger partial charge in [0.2, 0.25) is 5.90 Å². The van der Waals surface area contributed by atoms with Crippen molar-refractivity contribution in [1.82, 2.24) is 9.38 Å². The third-order valence-electron chi connectivity index (χ3n) is 3.17. The Balaban J connectivity index is 1.79. The van der Waals surface area contributed by atoms with Crippen molar-refractivity contribution in [3.05, 3.63) is 64.0 Å². The van der Waals surface area contributed by atoms with E-state index in [0.29, 0.717) is 16.7 Å². The van der Waals surface area contributed by atoms with Crippen molar-refractivity contribution in [3.63, 3.8) is 0 Å². The third kappa shape index (κ3) is 2.13. The Morgan fingerprint density at radius 3 is 2.91 bits per heavy atom. The zero-order valence-corrected chi connectivity index (χ0v) is 12.6. The van der Waals surface area contributed by atoms with Crippen LogP contribution < -0.4 is 0 Å². The number of benzene rings is 1. The van der Waals surface area contributed by atoms with E-state index >= 15 is 0 Å². The van der Waals surface area contributed by atoms with Gasteiger partial charge in [0.1, 0.15) is 0 Å². The predicted octanol–water partition coefficient (Wildman–Crippen LogP) is 3.39. The molecular weight excluding hydrogens is 322 g/mol. The molecule has 0 saturated heterocycles. The summed E-state index contributed by atoms with van der Waals surface area (Å²) >= 11 is 7.58. The second-order valence-electron chi connectivity index (χ2n) is 4.55. The second kappa shape index (κ2) is 5.08. The highest BCUT2D eigenvalue weighted by Crippen LogP contribution is 2.26. The fourth-order valence-corrected chi connectivity index (χ4v) is 3.15. The molecule has 0 saturated carbocycles. The van der Waals surface area contributed by atoms with Crippen LogP contribution in [-0.2, 0) is 9.53 Å². The molecule has 22 heavy (non-hydrogen) atoms. The van der Waals surface area contributed by atoms with Gasteiger partial charge in [0.15, 0.2) is 15.8 Å². The monoisotopic (exact) mass is 329 g/mol. The minimum atomic E-state index is -0.500. The summed E-state index contributed by atoms with van der Waals surface area (Å²) in [4.78, 5) is 21.2. The number of esters is 1. The highest BCUT2D eigenvalue weighted by Gasteiger charge is 2.25. The van der Waals surface area contributed by atoms with E-state index in [-0.39, 0.29) is 5.70 Å². The lowest BCUT2D eigenvalue weighted by atomic mass is 10.2. The number of carbonyl (C=O) groups is 1. The Labute approximate surface area is 134 Å². The van der Waals surface area contributed by atoms with Crippen LogP contribution in [0.5, 0.6) is 0 Å². The molecule has 0 fully saturated rings. The molecule has 108 valence electrons. The van der Waals surface area contributed by atoms with Crippen LogP contribution in [0.4, 0.5) is 0 Å². The maximum Gasteiger partial charge on any atom is 0.363 e. The summed E-state index contributed by atoms with van der Waals surface area (Å²) in [6.07, 6.45) is 3.43. The third-order valence-corrected chi connectivity index (χ3v) is 4.20. The van der Waals surface area contributed by atoms with Crippen LogP contribution in [-0.4, -0.2) is 21.3 Å². The number of halogens is 1. The number of imidazole rings is 1. The van der Waals surface area contributed by atoms with Gasteiger partial charge in [-0.3, -0.25) is 4.40 Å². The molecule has 2 aromatic heterocycles. The van der Waals surface area contributed by atoms with Crippen LogP contribution in [0.1, 0.15) is 11.3 Å². The topological polar surface area (TPSA) is 56.0 Å². The zero-order chi connectivity index (χ0) is 15.1. The van der Waals surface area contributed by atoms with Gasteiger partial charge in [-0.15, -0.1) is 11.3 Å². The molecule has 0 spiro atoms. The highest BCUT2D eigenvalue weighted by molar-refractivity contribution is 7.15. The number of aromatic nitrogens is 2. The number of ether oxygens (including phenoxy) is 1. The summed E-state index contributed by atoms with van der Waals surface area (Å²) in [6.45, 7) is 0. The summed E-state index contributed by atoms with van der Waals surface area (Å²) in [5.41, 5.74) is 1.57. The fourth-order valence-electron chi connectivity index (χ4n) is 2.15. The SMILES string of the molecule is O=C1OC(c2ccccc2)=N/C1=C\c1c(Cl)nc2sccn12. The minimum absolute atomic E-state index is 0.203. The Bertz CT molecular complexity index is 940. The van der Waals surface area contributed by atoms with Gasteiger partial charge in [0, 0.05) is 17.1 Å². The molecule has 4 rings (SSSR count). The van der Waals surface area contributed by atoms with E-state index in [1.54, 1.807) is 6.08 Å². The summed E-state index contributed by atoms with van der Waals surface area (Å²) in [5, 5.41) is 2.22. The first kappa shape index (κ1) is 13.2. The number of cyclic esters (lactones) is 1. The first-order chi connectivity index (χ1) is 10.7. The van der Waals surface area contributed by atoms with Crippen LogP contribution in [0, 0.1) is 0 Å². The van der Waals surface area contributed by atoms with E-state index in [0.717, 1.165) is 10.5 Å². The predicted molar refractivity (Wildman–Crippen MR) is 85.1 cm³/mol. The van der Waals surface area contributed by atoms with Gasteiger partial charge >= 0.3 is 5.97 Å². The lowest BCUT2D eigenvalue weighted by molar-refractivity contribution is -0.129. The van der Waals surface area contributed by atoms with Crippen molar-refractivity contribution in [1.29, 1.82) is 0 Å². The molecule has 1 aromatic carbocycles. The molecule has 0 radical (unpaired) electrons. The lowest BCUT2D eigenvalue weighted by Crippen LogP contribution is -2.05. The van der Waals surface area contributed by atoms with Crippen molar-refractivity contribution in [2.24, 2.45) is 4.99 Å². The Morgan fingerprint density at radius 1 is 1.27 bits per heavy atom. The number of fused-ring (bicyclic) bond motifs is 1. The Hall–Kier alpha value is -2.44. The Kier molecular flexibility index (Phi) is 3.06. The zero-order valence-electron chi connectivity index (χ0n) is 11.1. The van der Waals surface area contributed by atoms with Gasteiger partial charge in [-0.2, -0.15) is 0 Å². The van der Waals surface area contributed by atoms with E-state index in [1.165, 1.54) is 11.3 Å². The normalized spacial score (nSPS) is 16.3. The maximum absolute atomic E-state index is 12.0. The Morgan fingerprint density at radius 2 is 2.09 bits per heavy atom. The van der Waals surface area contributed by atoms with Crippen LogP contribution in [0.2, 0.25) is 5.15 Å². The standard InChI is InChI=1S/C15H8ClN3O2S/c16-12-11(19-6-7-22-15(19)18-12)8-10-14(20)21-13(17-10)9-4-2-1-3-5-9/h1-8H/b10-8-. The maximum atomic E-state index is 12.0. The summed E-state index contributed by atoms with van der Waals surface area (Å²) in [5.74, 6) is -0.209. The summed E-state index contributed by atoms with van der Waals surface area (Å²) < 4.78 is 7.02. The molecule has 3 heterocycles. The van der Waals surface area contributed by atoms with Gasteiger partial charge in [0.25, 0.3) is 0 Å². The van der Waals surface area contributed by atoms with Crippen LogP contribution in [0.15, 0.2) is 52.6 Å². The van der Waals surface area contributed by atoms with Crippen molar-refractivity contribution in [2.75, 3.05) is 0 Å². The van der Waals surface area contributed by atoms with Crippen LogP contribution >= 0.6 is 22.9 Å². The average molecular weight is 330 g/mol. The molecule has 0 atom stereocenters. The van der Waals surface area contributed by atoms with E-state index in [2.05, 4.69) is 9.98 Å². The van der Waals surface area contributed by atoms with Gasteiger partial charge in [-0.05, 0) is 18.2 Å². The molecule has 3 aromatic rings. The van der Waals surface area contributed by atoms with E-state index in [1.807, 2.05) is 46.3 Å². The first-order valence-electron chi connectivity index (χ1n) is 6.41. The van der Waals surface area contributed by atoms with Crippen molar-refractivity contribution < 1.29 is 9.53 Å². The number of hydrogen-bond donors (Lipinski definition) is 0.